The lowest BCUT2D eigenvalue weighted by molar-refractivity contribution is -0.116. The third-order valence-electron chi connectivity index (χ3n) is 4.62. The molecule has 136 valence electrons. The highest BCUT2D eigenvalue weighted by Gasteiger charge is 2.11. The van der Waals surface area contributed by atoms with Crippen molar-refractivity contribution in [2.45, 2.75) is 26.3 Å². The number of carbonyl (C=O) groups excluding carboxylic acids is 1. The van der Waals surface area contributed by atoms with Gasteiger partial charge in [-0.05, 0) is 49.7 Å². The van der Waals surface area contributed by atoms with Crippen LogP contribution in [0.3, 0.4) is 0 Å². The number of pyridine rings is 1. The van der Waals surface area contributed by atoms with E-state index < -0.39 is 0 Å². The van der Waals surface area contributed by atoms with Crippen molar-refractivity contribution in [2.24, 2.45) is 0 Å². The van der Waals surface area contributed by atoms with E-state index in [0.717, 1.165) is 16.8 Å². The highest BCUT2D eigenvalue weighted by atomic mass is 16.1. The van der Waals surface area contributed by atoms with Crippen molar-refractivity contribution < 1.29 is 4.79 Å². The average Bonchev–Trinajstić information content (AvgIpc) is 3.17. The first-order chi connectivity index (χ1) is 13.1. The minimum Gasteiger partial charge on any atom is -0.326 e. The predicted molar refractivity (Wildman–Crippen MR) is 106 cm³/mol. The Morgan fingerprint density at radius 1 is 1.07 bits per heavy atom. The second-order valence-corrected chi connectivity index (χ2v) is 6.58. The van der Waals surface area contributed by atoms with Gasteiger partial charge < -0.3 is 9.72 Å². The number of rotatable bonds is 5. The first-order valence-corrected chi connectivity index (χ1v) is 8.94. The Balaban J connectivity index is 1.51. The molecule has 0 spiro atoms. The normalized spacial score (nSPS) is 11.1. The van der Waals surface area contributed by atoms with Crippen LogP contribution in [0.2, 0.25) is 0 Å². The number of anilines is 1. The number of amides is 1. The molecule has 0 saturated carbocycles. The standard InChI is InChI=1S/C21H20N4O2/c1-15-8-10-16(11-9-15)23-19(26)7-4-14-25-20-17(5-2-12-22-20)24-13-3-6-18(24)21(25)27/h2-3,5-6,8-13H,4,7,14H2,1H3,(H,23,26). The molecule has 0 radical (unpaired) electrons. The summed E-state index contributed by atoms with van der Waals surface area (Å²) in [4.78, 5) is 29.4. The number of hydrogen-bond donors (Lipinski definition) is 1. The molecule has 27 heavy (non-hydrogen) atoms. The molecule has 0 aliphatic carbocycles. The van der Waals surface area contributed by atoms with Crippen molar-refractivity contribution in [3.8, 4) is 0 Å². The first kappa shape index (κ1) is 17.0. The molecule has 0 aliphatic heterocycles. The molecule has 0 fully saturated rings. The van der Waals surface area contributed by atoms with Gasteiger partial charge in [0.15, 0.2) is 5.65 Å². The van der Waals surface area contributed by atoms with Crippen LogP contribution in [0.25, 0.3) is 16.7 Å². The van der Waals surface area contributed by atoms with Gasteiger partial charge in [-0.3, -0.25) is 14.2 Å². The summed E-state index contributed by atoms with van der Waals surface area (Å²) in [6.45, 7) is 2.44. The molecule has 0 unspecified atom stereocenters. The van der Waals surface area contributed by atoms with Gasteiger partial charge in [0, 0.05) is 31.0 Å². The molecular weight excluding hydrogens is 340 g/mol. The zero-order valence-electron chi connectivity index (χ0n) is 15.1. The van der Waals surface area contributed by atoms with Crippen LogP contribution in [-0.4, -0.2) is 19.9 Å². The maximum atomic E-state index is 12.8. The Kier molecular flexibility index (Phi) is 4.46. The Hall–Kier alpha value is -3.41. The number of nitrogens with one attached hydrogen (secondary N) is 1. The highest BCUT2D eigenvalue weighted by molar-refractivity contribution is 5.90. The van der Waals surface area contributed by atoms with E-state index >= 15 is 0 Å². The molecule has 0 atom stereocenters. The highest BCUT2D eigenvalue weighted by Crippen LogP contribution is 2.14. The van der Waals surface area contributed by atoms with Gasteiger partial charge in [0.05, 0.1) is 5.52 Å². The van der Waals surface area contributed by atoms with E-state index in [0.29, 0.717) is 30.6 Å². The fourth-order valence-corrected chi connectivity index (χ4v) is 3.25. The Morgan fingerprint density at radius 3 is 2.67 bits per heavy atom. The predicted octanol–water partition coefficient (Wildman–Crippen LogP) is 3.38. The summed E-state index contributed by atoms with van der Waals surface area (Å²) >= 11 is 0. The quantitative estimate of drug-likeness (QED) is 0.593. The number of carbonyl (C=O) groups is 1. The molecule has 3 heterocycles. The van der Waals surface area contributed by atoms with Crippen molar-refractivity contribution in [2.75, 3.05) is 5.32 Å². The van der Waals surface area contributed by atoms with Gasteiger partial charge in [0.2, 0.25) is 5.91 Å². The number of hydrogen-bond acceptors (Lipinski definition) is 3. The summed E-state index contributed by atoms with van der Waals surface area (Å²) in [5, 5.41) is 2.89. The van der Waals surface area contributed by atoms with E-state index in [1.807, 2.05) is 60.0 Å². The molecular formula is C21H20N4O2. The molecule has 4 aromatic rings. The van der Waals surface area contributed by atoms with Crippen LogP contribution in [-0.2, 0) is 11.3 Å². The number of benzene rings is 1. The maximum absolute atomic E-state index is 12.8. The van der Waals surface area contributed by atoms with Gasteiger partial charge in [-0.1, -0.05) is 17.7 Å². The monoisotopic (exact) mass is 360 g/mol. The van der Waals surface area contributed by atoms with Crippen molar-refractivity contribution in [3.63, 3.8) is 0 Å². The number of fused-ring (bicyclic) bond motifs is 3. The van der Waals surface area contributed by atoms with Gasteiger partial charge in [-0.25, -0.2) is 4.98 Å². The van der Waals surface area contributed by atoms with Crippen molar-refractivity contribution in [3.05, 3.63) is 76.8 Å². The smallest absolute Gasteiger partial charge is 0.276 e. The zero-order chi connectivity index (χ0) is 18.8. The van der Waals surface area contributed by atoms with Crippen LogP contribution < -0.4 is 10.9 Å². The van der Waals surface area contributed by atoms with Crippen LogP contribution in [0.4, 0.5) is 5.69 Å². The van der Waals surface area contributed by atoms with Gasteiger partial charge in [-0.2, -0.15) is 0 Å². The van der Waals surface area contributed by atoms with Crippen LogP contribution in [0.1, 0.15) is 18.4 Å². The van der Waals surface area contributed by atoms with Crippen LogP contribution in [0.5, 0.6) is 0 Å². The van der Waals surface area contributed by atoms with E-state index in [4.69, 9.17) is 0 Å². The summed E-state index contributed by atoms with van der Waals surface area (Å²) in [6, 6.07) is 15.1. The van der Waals surface area contributed by atoms with Gasteiger partial charge in [0.1, 0.15) is 5.52 Å². The van der Waals surface area contributed by atoms with Gasteiger partial charge >= 0.3 is 0 Å². The van der Waals surface area contributed by atoms with Gasteiger partial charge in [-0.15, -0.1) is 0 Å². The molecule has 3 aromatic heterocycles. The SMILES string of the molecule is Cc1ccc(NC(=O)CCCn2c(=O)c3cccn3c3cccnc32)cc1. The largest absolute Gasteiger partial charge is 0.326 e. The first-order valence-electron chi connectivity index (χ1n) is 8.94. The number of nitrogens with zero attached hydrogens (tertiary/aromatic N) is 3. The third kappa shape index (κ3) is 3.33. The van der Waals surface area contributed by atoms with Crippen molar-refractivity contribution >= 4 is 28.3 Å². The topological polar surface area (TPSA) is 68.4 Å². The molecule has 1 aromatic carbocycles. The Bertz CT molecular complexity index is 1170. The van der Waals surface area contributed by atoms with E-state index in [9.17, 15) is 9.59 Å². The average molecular weight is 360 g/mol. The lowest BCUT2D eigenvalue weighted by Crippen LogP contribution is -2.24. The minimum absolute atomic E-state index is 0.0621. The molecule has 6 heteroatoms. The Morgan fingerprint density at radius 2 is 1.85 bits per heavy atom. The number of aryl methyl sites for hydroxylation is 2. The fraction of sp³-hybridized carbons (Fsp3) is 0.190. The molecule has 4 rings (SSSR count). The number of aromatic nitrogens is 3. The molecule has 0 aliphatic rings. The molecule has 1 N–H and O–H groups in total. The summed E-state index contributed by atoms with van der Waals surface area (Å²) < 4.78 is 3.51. The summed E-state index contributed by atoms with van der Waals surface area (Å²) in [5.41, 5.74) is 3.95. The van der Waals surface area contributed by atoms with E-state index in [1.54, 1.807) is 16.8 Å². The zero-order valence-corrected chi connectivity index (χ0v) is 15.1. The fourth-order valence-electron chi connectivity index (χ4n) is 3.25. The second kappa shape index (κ2) is 7.07. The van der Waals surface area contributed by atoms with Crippen molar-refractivity contribution in [1.82, 2.24) is 14.0 Å². The Labute approximate surface area is 156 Å². The minimum atomic E-state index is -0.0925. The van der Waals surface area contributed by atoms with Crippen LogP contribution >= 0.6 is 0 Å². The van der Waals surface area contributed by atoms with E-state index in [1.165, 1.54) is 0 Å². The lowest BCUT2D eigenvalue weighted by atomic mass is 10.2. The summed E-state index contributed by atoms with van der Waals surface area (Å²) in [7, 11) is 0. The summed E-state index contributed by atoms with van der Waals surface area (Å²) in [6.07, 6.45) is 4.43. The van der Waals surface area contributed by atoms with E-state index in [2.05, 4.69) is 10.3 Å². The third-order valence-corrected chi connectivity index (χ3v) is 4.62. The maximum Gasteiger partial charge on any atom is 0.276 e. The molecule has 0 bridgehead atoms. The van der Waals surface area contributed by atoms with E-state index in [-0.39, 0.29) is 11.5 Å². The van der Waals surface area contributed by atoms with Crippen LogP contribution in [0, 0.1) is 6.92 Å². The van der Waals surface area contributed by atoms with Crippen molar-refractivity contribution in [1.29, 1.82) is 0 Å². The molecule has 1 amide bonds. The molecule has 6 nitrogen and oxygen atoms in total. The summed E-state index contributed by atoms with van der Waals surface area (Å²) in [5.74, 6) is -0.0621. The van der Waals surface area contributed by atoms with Crippen LogP contribution in [0.15, 0.2) is 65.7 Å². The second-order valence-electron chi connectivity index (χ2n) is 6.58. The van der Waals surface area contributed by atoms with Gasteiger partial charge in [0.25, 0.3) is 5.56 Å². The lowest BCUT2D eigenvalue weighted by Gasteiger charge is -2.11. The molecule has 0 saturated heterocycles.